The zero-order valence-corrected chi connectivity index (χ0v) is 18.4. The molecular formula is C22H27NO6S. The summed E-state index contributed by atoms with van der Waals surface area (Å²) in [7, 11) is -3.97. The van der Waals surface area contributed by atoms with Crippen molar-refractivity contribution in [1.82, 2.24) is 4.72 Å². The van der Waals surface area contributed by atoms with Gasteiger partial charge in [0.2, 0.25) is 10.0 Å². The summed E-state index contributed by atoms with van der Waals surface area (Å²) in [6, 6.07) is 9.25. The van der Waals surface area contributed by atoms with Gasteiger partial charge in [0.05, 0.1) is 4.90 Å². The molecule has 1 N–H and O–H groups in total. The number of aryl methyl sites for hydroxylation is 2. The van der Waals surface area contributed by atoms with E-state index < -0.39 is 22.0 Å². The molecule has 0 unspecified atom stereocenters. The standard InChI is InChI=1S/C22H27NO6S/c1-14(2)21(22(24)29-13-17-10-15(3)9-16(4)11-17)23-30(25,26)18-5-6-19-20(12-18)28-8-7-27-19/h5-6,9-12,14,21,23H,7-8,13H2,1-4H3/t21-/m0/s1. The van der Waals surface area contributed by atoms with Gasteiger partial charge < -0.3 is 14.2 Å². The number of carbonyl (C=O) groups is 1. The quantitative estimate of drug-likeness (QED) is 0.675. The van der Waals surface area contributed by atoms with E-state index in [-0.39, 0.29) is 17.4 Å². The molecule has 1 aliphatic heterocycles. The van der Waals surface area contributed by atoms with Crippen molar-refractivity contribution in [3.8, 4) is 11.5 Å². The van der Waals surface area contributed by atoms with Gasteiger partial charge in [-0.1, -0.05) is 43.2 Å². The van der Waals surface area contributed by atoms with Crippen LogP contribution in [-0.2, 0) is 26.2 Å². The molecule has 2 aromatic carbocycles. The molecule has 1 heterocycles. The number of hydrogen-bond acceptors (Lipinski definition) is 6. The molecule has 0 saturated heterocycles. The van der Waals surface area contributed by atoms with Gasteiger partial charge in [-0.25, -0.2) is 8.42 Å². The van der Waals surface area contributed by atoms with Gasteiger partial charge in [-0.05, 0) is 37.5 Å². The zero-order chi connectivity index (χ0) is 21.9. The summed E-state index contributed by atoms with van der Waals surface area (Å²) in [5, 5.41) is 0. The summed E-state index contributed by atoms with van der Waals surface area (Å²) in [5.41, 5.74) is 3.00. The minimum atomic E-state index is -3.97. The first-order valence-corrected chi connectivity index (χ1v) is 11.3. The Bertz CT molecular complexity index is 1010. The molecule has 30 heavy (non-hydrogen) atoms. The highest BCUT2D eigenvalue weighted by Gasteiger charge is 2.30. The third-order valence-corrected chi connectivity index (χ3v) is 6.13. The van der Waals surface area contributed by atoms with Crippen LogP contribution in [0.3, 0.4) is 0 Å². The monoisotopic (exact) mass is 433 g/mol. The van der Waals surface area contributed by atoms with Crippen molar-refractivity contribution in [1.29, 1.82) is 0 Å². The number of fused-ring (bicyclic) bond motifs is 1. The van der Waals surface area contributed by atoms with Crippen LogP contribution in [0.5, 0.6) is 11.5 Å². The lowest BCUT2D eigenvalue weighted by molar-refractivity contribution is -0.148. The molecule has 0 radical (unpaired) electrons. The Balaban J connectivity index is 1.73. The van der Waals surface area contributed by atoms with E-state index in [0.717, 1.165) is 16.7 Å². The Morgan fingerprint density at radius 1 is 1.03 bits per heavy atom. The van der Waals surface area contributed by atoms with Crippen molar-refractivity contribution in [2.75, 3.05) is 13.2 Å². The zero-order valence-electron chi connectivity index (χ0n) is 17.6. The van der Waals surface area contributed by atoms with Crippen LogP contribution in [0, 0.1) is 19.8 Å². The molecule has 8 heteroatoms. The van der Waals surface area contributed by atoms with Crippen LogP contribution in [0.15, 0.2) is 41.3 Å². The first-order chi connectivity index (χ1) is 14.2. The fourth-order valence-corrected chi connectivity index (χ4v) is 4.63. The largest absolute Gasteiger partial charge is 0.486 e. The average molecular weight is 434 g/mol. The van der Waals surface area contributed by atoms with Gasteiger partial charge in [0, 0.05) is 6.07 Å². The van der Waals surface area contributed by atoms with E-state index >= 15 is 0 Å². The molecule has 1 atom stereocenters. The summed E-state index contributed by atoms with van der Waals surface area (Å²) in [4.78, 5) is 12.7. The summed E-state index contributed by atoms with van der Waals surface area (Å²) < 4.78 is 44.6. The number of benzene rings is 2. The maximum Gasteiger partial charge on any atom is 0.324 e. The second kappa shape index (κ2) is 9.06. The Hall–Kier alpha value is -2.58. The third-order valence-electron chi connectivity index (χ3n) is 4.69. The molecule has 0 bridgehead atoms. The predicted molar refractivity (Wildman–Crippen MR) is 112 cm³/mol. The number of carbonyl (C=O) groups excluding carboxylic acids is 1. The van der Waals surface area contributed by atoms with Crippen LogP contribution < -0.4 is 14.2 Å². The second-order valence-electron chi connectivity index (χ2n) is 7.75. The van der Waals surface area contributed by atoms with E-state index in [4.69, 9.17) is 14.2 Å². The molecule has 0 spiro atoms. The topological polar surface area (TPSA) is 90.9 Å². The van der Waals surface area contributed by atoms with Crippen molar-refractivity contribution in [3.63, 3.8) is 0 Å². The number of rotatable bonds is 7. The van der Waals surface area contributed by atoms with E-state index in [1.165, 1.54) is 12.1 Å². The van der Waals surface area contributed by atoms with Gasteiger partial charge >= 0.3 is 5.97 Å². The minimum absolute atomic E-state index is 0.000455. The van der Waals surface area contributed by atoms with Gasteiger partial charge in [-0.3, -0.25) is 4.79 Å². The molecule has 0 saturated carbocycles. The highest BCUT2D eigenvalue weighted by atomic mass is 32.2. The van der Waals surface area contributed by atoms with Crippen LogP contribution >= 0.6 is 0 Å². The van der Waals surface area contributed by atoms with E-state index in [1.807, 2.05) is 32.0 Å². The van der Waals surface area contributed by atoms with Crippen molar-refractivity contribution in [3.05, 3.63) is 53.1 Å². The van der Waals surface area contributed by atoms with Gasteiger partial charge in [-0.2, -0.15) is 4.72 Å². The Morgan fingerprint density at radius 2 is 1.67 bits per heavy atom. The molecule has 0 aromatic heterocycles. The van der Waals surface area contributed by atoms with Crippen LogP contribution in [0.4, 0.5) is 0 Å². The number of hydrogen-bond donors (Lipinski definition) is 1. The summed E-state index contributed by atoms with van der Waals surface area (Å²) in [6.07, 6.45) is 0. The van der Waals surface area contributed by atoms with Crippen LogP contribution in [0.25, 0.3) is 0 Å². The third kappa shape index (κ3) is 5.31. The van der Waals surface area contributed by atoms with Gasteiger partial charge in [0.1, 0.15) is 25.9 Å². The van der Waals surface area contributed by atoms with Crippen molar-refractivity contribution < 1.29 is 27.4 Å². The van der Waals surface area contributed by atoms with E-state index in [0.29, 0.717) is 24.7 Å². The van der Waals surface area contributed by atoms with E-state index in [2.05, 4.69) is 4.72 Å². The van der Waals surface area contributed by atoms with Crippen LogP contribution in [-0.4, -0.2) is 33.6 Å². The normalized spacial score (nSPS) is 14.4. The van der Waals surface area contributed by atoms with Gasteiger partial charge in [-0.15, -0.1) is 0 Å². The predicted octanol–water partition coefficient (Wildman–Crippen LogP) is 3.12. The second-order valence-corrected chi connectivity index (χ2v) is 9.47. The van der Waals surface area contributed by atoms with Crippen molar-refractivity contribution in [2.24, 2.45) is 5.92 Å². The Kier molecular flexibility index (Phi) is 6.67. The number of esters is 1. The van der Waals surface area contributed by atoms with Gasteiger partial charge in [0.15, 0.2) is 11.5 Å². The lowest BCUT2D eigenvalue weighted by atomic mass is 10.1. The maximum atomic E-state index is 12.9. The summed E-state index contributed by atoms with van der Waals surface area (Å²) >= 11 is 0. The van der Waals surface area contributed by atoms with Crippen LogP contribution in [0.1, 0.15) is 30.5 Å². The fourth-order valence-electron chi connectivity index (χ4n) is 3.28. The maximum absolute atomic E-state index is 12.9. The lowest BCUT2D eigenvalue weighted by Gasteiger charge is -2.22. The van der Waals surface area contributed by atoms with E-state index in [1.54, 1.807) is 19.9 Å². The lowest BCUT2D eigenvalue weighted by Crippen LogP contribution is -2.45. The Morgan fingerprint density at radius 3 is 2.30 bits per heavy atom. The SMILES string of the molecule is Cc1cc(C)cc(COC(=O)[C@@H](NS(=O)(=O)c2ccc3c(c2)OCCO3)C(C)C)c1. The first-order valence-electron chi connectivity index (χ1n) is 9.81. The molecule has 0 aliphatic carbocycles. The molecule has 0 fully saturated rings. The first kappa shape index (κ1) is 22.1. The molecule has 2 aromatic rings. The van der Waals surface area contributed by atoms with Crippen molar-refractivity contribution >= 4 is 16.0 Å². The molecular weight excluding hydrogens is 406 g/mol. The number of ether oxygens (including phenoxy) is 3. The Labute approximate surface area is 177 Å². The molecule has 7 nitrogen and oxygen atoms in total. The van der Waals surface area contributed by atoms with Crippen LogP contribution in [0.2, 0.25) is 0 Å². The fraction of sp³-hybridized carbons (Fsp3) is 0.409. The van der Waals surface area contributed by atoms with E-state index in [9.17, 15) is 13.2 Å². The molecule has 1 aliphatic rings. The minimum Gasteiger partial charge on any atom is -0.486 e. The average Bonchev–Trinajstić information content (AvgIpc) is 2.69. The highest BCUT2D eigenvalue weighted by Crippen LogP contribution is 2.32. The smallest absolute Gasteiger partial charge is 0.324 e. The molecule has 162 valence electrons. The van der Waals surface area contributed by atoms with Gasteiger partial charge in [0.25, 0.3) is 0 Å². The molecule has 0 amide bonds. The highest BCUT2D eigenvalue weighted by molar-refractivity contribution is 7.89. The van der Waals surface area contributed by atoms with Crippen molar-refractivity contribution in [2.45, 2.75) is 45.2 Å². The number of sulfonamides is 1. The summed E-state index contributed by atoms with van der Waals surface area (Å²) in [6.45, 7) is 8.30. The summed E-state index contributed by atoms with van der Waals surface area (Å²) in [5.74, 6) is -0.0647. The molecule has 3 rings (SSSR count). The number of nitrogens with one attached hydrogen (secondary N) is 1.